The molecule has 0 atom stereocenters. The summed E-state index contributed by atoms with van der Waals surface area (Å²) in [6, 6.07) is 30.6. The van der Waals surface area contributed by atoms with Gasteiger partial charge in [-0.05, 0) is 54.8 Å². The lowest BCUT2D eigenvalue weighted by Gasteiger charge is -2.02. The van der Waals surface area contributed by atoms with E-state index in [4.69, 9.17) is 71.0 Å². The molecule has 0 saturated heterocycles. The Bertz CT molecular complexity index is 4550. The summed E-state index contributed by atoms with van der Waals surface area (Å²) < 4.78 is 13.6. The second kappa shape index (κ2) is 21.0. The van der Waals surface area contributed by atoms with Crippen LogP contribution in [0.4, 0.5) is 4.39 Å². The van der Waals surface area contributed by atoms with Gasteiger partial charge in [0.15, 0.2) is 45.6 Å². The van der Waals surface area contributed by atoms with E-state index in [0.717, 1.165) is 12.0 Å². The SMILES string of the molecule is CCc1ccc2c(c1)-c1nc(C#N)c(C#N)nc1C2=O.Cc1c(F)ccc2c1C(=O)c1nc(C#N)c(C#N)nc1-2.N#Cc1nc2c(nc1C#N)-c1cc(Cl)c(Cl)cc1C2=O.N#Cc1nc2c(nc1C(N)=O)-c1ccccc1C2=NO. The summed E-state index contributed by atoms with van der Waals surface area (Å²) in [5, 5.41) is 75.6. The molecule has 0 spiro atoms. The van der Waals surface area contributed by atoms with E-state index in [0.29, 0.717) is 50.3 Å². The molecule has 4 aliphatic rings. The van der Waals surface area contributed by atoms with E-state index >= 15 is 0 Å². The van der Waals surface area contributed by atoms with Crippen LogP contribution in [0.2, 0.25) is 10.0 Å². The van der Waals surface area contributed by atoms with Gasteiger partial charge in [0.1, 0.15) is 99.6 Å². The molecule has 0 radical (unpaired) electrons. The number of nitrogens with two attached hydrogens (primary N) is 1. The number of primary amides is 1. The van der Waals surface area contributed by atoms with Crippen LogP contribution in [-0.2, 0) is 6.42 Å². The van der Waals surface area contributed by atoms with E-state index in [2.05, 4.69) is 45.0 Å². The predicted octanol–water partition coefficient (Wildman–Crippen LogP) is 7.26. The Labute approximate surface area is 458 Å². The van der Waals surface area contributed by atoms with Crippen molar-refractivity contribution < 1.29 is 28.8 Å². The first-order valence-corrected chi connectivity index (χ1v) is 23.4. The largest absolute Gasteiger partial charge is 0.410 e. The minimum atomic E-state index is -0.830. The second-order valence-electron chi connectivity index (χ2n) is 16.7. The first-order valence-electron chi connectivity index (χ1n) is 22.7. The van der Waals surface area contributed by atoms with Crippen molar-refractivity contribution in [3.05, 3.63) is 184 Å². The van der Waals surface area contributed by atoms with Gasteiger partial charge in [-0.3, -0.25) is 19.2 Å². The van der Waals surface area contributed by atoms with Crippen LogP contribution in [0.5, 0.6) is 0 Å². The molecule has 80 heavy (non-hydrogen) atoms. The van der Waals surface area contributed by atoms with Gasteiger partial charge in [0.05, 0.1) is 10.0 Å². The normalized spacial score (nSPS) is 12.0. The Morgan fingerprint density at radius 1 is 0.525 bits per heavy atom. The molecule has 0 aliphatic heterocycles. The number of rotatable bonds is 2. The maximum absolute atomic E-state index is 13.6. The summed E-state index contributed by atoms with van der Waals surface area (Å²) in [5.74, 6) is -2.43. The van der Waals surface area contributed by atoms with E-state index in [1.807, 2.05) is 25.1 Å². The van der Waals surface area contributed by atoms with E-state index in [1.165, 1.54) is 31.2 Å². The summed E-state index contributed by atoms with van der Waals surface area (Å²) in [4.78, 5) is 80.2. The summed E-state index contributed by atoms with van der Waals surface area (Å²) in [6.45, 7) is 3.51. The highest BCUT2D eigenvalue weighted by Crippen LogP contribution is 2.41. The third kappa shape index (κ3) is 8.73. The smallest absolute Gasteiger partial charge is 0.270 e. The van der Waals surface area contributed by atoms with Crippen molar-refractivity contribution in [3.8, 4) is 87.5 Å². The molecule has 12 rings (SSSR count). The zero-order valence-corrected chi connectivity index (χ0v) is 42.0. The summed E-state index contributed by atoms with van der Waals surface area (Å²) in [6.07, 6.45) is 0.839. The number of nitrogens with zero attached hydrogens (tertiary/aromatic N) is 16. The number of benzene rings is 4. The Morgan fingerprint density at radius 3 is 1.43 bits per heavy atom. The van der Waals surface area contributed by atoms with Crippen molar-refractivity contribution >= 4 is 52.2 Å². The molecule has 25 heteroatoms. The van der Waals surface area contributed by atoms with E-state index in [1.54, 1.807) is 66.7 Å². The molecule has 4 aliphatic carbocycles. The highest BCUT2D eigenvalue weighted by molar-refractivity contribution is 6.43. The van der Waals surface area contributed by atoms with Crippen molar-refractivity contribution in [1.29, 1.82) is 36.8 Å². The quantitative estimate of drug-likeness (QED) is 0.127. The van der Waals surface area contributed by atoms with Crippen LogP contribution in [0.3, 0.4) is 0 Å². The number of aromatic nitrogens is 8. The number of carbonyl (C=O) groups is 4. The van der Waals surface area contributed by atoms with Crippen LogP contribution < -0.4 is 5.73 Å². The van der Waals surface area contributed by atoms with Crippen LogP contribution >= 0.6 is 23.2 Å². The summed E-state index contributed by atoms with van der Waals surface area (Å²) in [7, 11) is 0. The third-order valence-corrected chi connectivity index (χ3v) is 13.1. The predicted molar refractivity (Wildman–Crippen MR) is 273 cm³/mol. The van der Waals surface area contributed by atoms with Gasteiger partial charge < -0.3 is 10.9 Å². The highest BCUT2D eigenvalue weighted by Gasteiger charge is 2.36. The molecule has 8 aromatic rings. The van der Waals surface area contributed by atoms with Crippen molar-refractivity contribution in [2.24, 2.45) is 10.9 Å². The van der Waals surface area contributed by atoms with Crippen molar-refractivity contribution in [2.45, 2.75) is 20.3 Å². The zero-order chi connectivity index (χ0) is 57.4. The van der Waals surface area contributed by atoms with Crippen LogP contribution in [0.1, 0.15) is 128 Å². The molecular formula is C55H22Cl2FN17O5. The second-order valence-corrected chi connectivity index (χ2v) is 17.6. The van der Waals surface area contributed by atoms with Crippen LogP contribution in [0.15, 0.2) is 71.9 Å². The maximum atomic E-state index is 13.6. The van der Waals surface area contributed by atoms with Gasteiger partial charge in [-0.25, -0.2) is 44.3 Å². The molecule has 1 amide bonds. The van der Waals surface area contributed by atoms with Gasteiger partial charge in [-0.2, -0.15) is 36.8 Å². The lowest BCUT2D eigenvalue weighted by Crippen LogP contribution is -2.18. The summed E-state index contributed by atoms with van der Waals surface area (Å²) >= 11 is 11.8. The minimum Gasteiger partial charge on any atom is -0.410 e. The number of fused-ring (bicyclic) bond motifs is 12. The number of aryl methyl sites for hydroxylation is 1. The van der Waals surface area contributed by atoms with Crippen LogP contribution in [0.25, 0.3) is 45.0 Å². The zero-order valence-electron chi connectivity index (χ0n) is 40.5. The van der Waals surface area contributed by atoms with Gasteiger partial charge >= 0.3 is 0 Å². The van der Waals surface area contributed by atoms with Crippen molar-refractivity contribution in [1.82, 2.24) is 39.9 Å². The number of hydrogen-bond acceptors (Lipinski definition) is 21. The van der Waals surface area contributed by atoms with Gasteiger partial charge in [-0.15, -0.1) is 0 Å². The maximum Gasteiger partial charge on any atom is 0.270 e. The van der Waals surface area contributed by atoms with Crippen LogP contribution in [0, 0.1) is 92.1 Å². The molecule has 4 aromatic carbocycles. The highest BCUT2D eigenvalue weighted by atomic mass is 35.5. The number of nitriles is 7. The summed E-state index contributed by atoms with van der Waals surface area (Å²) in [5.41, 5.74) is 11.2. The molecule has 3 N–H and O–H groups in total. The molecule has 0 saturated carbocycles. The Morgan fingerprint density at radius 2 is 0.938 bits per heavy atom. The van der Waals surface area contributed by atoms with Crippen LogP contribution in [-0.4, -0.2) is 74.0 Å². The molecule has 0 fully saturated rings. The first-order chi connectivity index (χ1) is 38.5. The fraction of sp³-hybridized carbons (Fsp3) is 0.0545. The molecule has 378 valence electrons. The number of ketones is 3. The fourth-order valence-corrected chi connectivity index (χ4v) is 8.99. The molecule has 4 aromatic heterocycles. The van der Waals surface area contributed by atoms with Gasteiger partial charge in [0, 0.05) is 44.5 Å². The van der Waals surface area contributed by atoms with Gasteiger partial charge in [0.25, 0.3) is 5.91 Å². The van der Waals surface area contributed by atoms with E-state index in [-0.39, 0.29) is 118 Å². The Hall–Kier alpha value is -11.9. The van der Waals surface area contributed by atoms with Gasteiger partial charge in [0.2, 0.25) is 17.3 Å². The first kappa shape index (κ1) is 52.9. The molecule has 0 bridgehead atoms. The lowest BCUT2D eigenvalue weighted by atomic mass is 10.0. The number of halogens is 3. The van der Waals surface area contributed by atoms with Crippen molar-refractivity contribution in [2.75, 3.05) is 0 Å². The Balaban J connectivity index is 0.000000129. The standard InChI is InChI=1S/C15H8N4O.C14H5FN4O.C13H2Cl2N4O.C13H7N5O2/c1-2-8-3-4-9-10(5-8)13-14(15(9)20)19-12(7-17)11(6-16)18-13;1-6-8(15)3-2-7-11(6)14(20)13-12(7)18-9(4-16)10(5-17)19-13;14-7-1-5-6(2-8(7)15)13(20)12-11(5)18-9(3-16)10(4-17)19-12;14-5-8-11(13(15)19)17-9-6-3-1-2-4-7(6)10(18-20)12(9)16-8/h3-5H,2H2,1H3;2-3H,1H3;1-2H;1-4,20H,(H2,15,19). The average molecular weight is 1090 g/mol. The van der Waals surface area contributed by atoms with E-state index in [9.17, 15) is 23.6 Å². The number of oxime groups is 1. The number of amides is 1. The molecule has 0 unspecified atom stereocenters. The monoisotopic (exact) mass is 1090 g/mol. The lowest BCUT2D eigenvalue weighted by molar-refractivity contribution is 0.0991. The topological polar surface area (TPSA) is 397 Å². The average Bonchev–Trinajstić information content (AvgIpc) is 4.14. The van der Waals surface area contributed by atoms with E-state index < -0.39 is 17.5 Å². The Kier molecular flexibility index (Phi) is 13.9. The van der Waals surface area contributed by atoms with Gasteiger partial charge in [-0.1, -0.05) is 71.7 Å². The third-order valence-electron chi connectivity index (χ3n) is 12.4. The molecular weight excluding hydrogens is 1070 g/mol. The number of hydrogen-bond donors (Lipinski definition) is 2. The van der Waals surface area contributed by atoms with Crippen molar-refractivity contribution in [3.63, 3.8) is 0 Å². The molecule has 4 heterocycles. The minimum absolute atomic E-state index is 0.00995. The molecule has 22 nitrogen and oxygen atoms in total. The fourth-order valence-electron chi connectivity index (χ4n) is 8.66. The number of carbonyl (C=O) groups excluding carboxylic acids is 4.